The van der Waals surface area contributed by atoms with Crippen LogP contribution in [0, 0.1) is 12.7 Å². The summed E-state index contributed by atoms with van der Waals surface area (Å²) in [6.45, 7) is 14.3. The van der Waals surface area contributed by atoms with Crippen molar-refractivity contribution in [1.82, 2.24) is 20.1 Å². The van der Waals surface area contributed by atoms with Gasteiger partial charge in [0.2, 0.25) is 0 Å². The van der Waals surface area contributed by atoms with E-state index in [1.807, 2.05) is 32.2 Å². The number of nitrogens with zero attached hydrogens (tertiary/aromatic N) is 3. The van der Waals surface area contributed by atoms with Gasteiger partial charge in [0, 0.05) is 28.7 Å². The van der Waals surface area contributed by atoms with Gasteiger partial charge in [-0.25, -0.2) is 9.07 Å². The molecule has 0 aliphatic rings. The van der Waals surface area contributed by atoms with Crippen LogP contribution in [-0.2, 0) is 0 Å². The van der Waals surface area contributed by atoms with E-state index in [2.05, 4.69) is 41.5 Å². The van der Waals surface area contributed by atoms with Crippen LogP contribution in [0.15, 0.2) is 73.7 Å². The first-order valence-corrected chi connectivity index (χ1v) is 9.99. The zero-order chi connectivity index (χ0) is 21.7. The van der Waals surface area contributed by atoms with E-state index in [1.54, 1.807) is 29.1 Å². The molecule has 30 heavy (non-hydrogen) atoms. The molecule has 2 heterocycles. The summed E-state index contributed by atoms with van der Waals surface area (Å²) in [4.78, 5) is 4.41. The lowest BCUT2D eigenvalue weighted by Gasteiger charge is -2.22. The highest BCUT2D eigenvalue weighted by Gasteiger charge is 2.18. The van der Waals surface area contributed by atoms with Gasteiger partial charge < -0.3 is 5.32 Å². The Bertz CT molecular complexity index is 1060. The largest absolute Gasteiger partial charge is 0.378 e. The van der Waals surface area contributed by atoms with Crippen molar-refractivity contribution < 1.29 is 4.39 Å². The second-order valence-corrected chi connectivity index (χ2v) is 7.05. The van der Waals surface area contributed by atoms with Crippen LogP contribution >= 0.6 is 0 Å². The highest BCUT2D eigenvalue weighted by molar-refractivity contribution is 5.82. The van der Waals surface area contributed by atoms with Gasteiger partial charge in [-0.05, 0) is 62.2 Å². The molecule has 1 aromatic carbocycles. The first kappa shape index (κ1) is 21.2. The number of aromatic nitrogens is 3. The smallest absolute Gasteiger partial charge is 0.123 e. The first-order chi connectivity index (χ1) is 14.5. The maximum Gasteiger partial charge on any atom is 0.123 e. The predicted molar refractivity (Wildman–Crippen MR) is 122 cm³/mol. The van der Waals surface area contributed by atoms with E-state index < -0.39 is 0 Å². The van der Waals surface area contributed by atoms with Crippen molar-refractivity contribution in [3.05, 3.63) is 102 Å². The Labute approximate surface area is 177 Å². The lowest BCUT2D eigenvalue weighted by Crippen LogP contribution is -2.20. The van der Waals surface area contributed by atoms with Gasteiger partial charge in [0.05, 0.1) is 23.6 Å². The van der Waals surface area contributed by atoms with Gasteiger partial charge in [0.1, 0.15) is 5.82 Å². The maximum atomic E-state index is 13.3. The van der Waals surface area contributed by atoms with Crippen molar-refractivity contribution in [3.8, 4) is 5.69 Å². The summed E-state index contributed by atoms with van der Waals surface area (Å²) < 4.78 is 15.1. The van der Waals surface area contributed by atoms with Gasteiger partial charge in [-0.3, -0.25) is 4.98 Å². The van der Waals surface area contributed by atoms with Crippen molar-refractivity contribution in [2.45, 2.75) is 33.2 Å². The number of rotatable bonds is 8. The molecule has 0 aliphatic heterocycles. The zero-order valence-corrected chi connectivity index (χ0v) is 17.7. The van der Waals surface area contributed by atoms with Crippen molar-refractivity contribution in [2.75, 3.05) is 0 Å². The molecular weight excluding hydrogens is 375 g/mol. The second-order valence-electron chi connectivity index (χ2n) is 7.05. The molecule has 0 bridgehead atoms. The molecule has 1 atom stereocenters. The number of aryl methyl sites for hydroxylation is 1. The minimum absolute atomic E-state index is 0.0971. The molecule has 154 valence electrons. The molecule has 5 heteroatoms. The van der Waals surface area contributed by atoms with E-state index in [-0.39, 0.29) is 11.9 Å². The summed E-state index contributed by atoms with van der Waals surface area (Å²) in [5.41, 5.74) is 6.34. The summed E-state index contributed by atoms with van der Waals surface area (Å²) in [7, 11) is 0. The normalized spacial score (nSPS) is 12.5. The Morgan fingerprint density at radius 1 is 1.20 bits per heavy atom. The number of allylic oxidation sites excluding steroid dienone is 2. The van der Waals surface area contributed by atoms with Crippen molar-refractivity contribution in [3.63, 3.8) is 0 Å². The van der Waals surface area contributed by atoms with Gasteiger partial charge in [0.25, 0.3) is 0 Å². The predicted octanol–water partition coefficient (Wildman–Crippen LogP) is 6.02. The Hall–Kier alpha value is -3.47. The second kappa shape index (κ2) is 9.35. The molecule has 0 amide bonds. The Kier molecular flexibility index (Phi) is 6.62. The van der Waals surface area contributed by atoms with Crippen LogP contribution in [0.3, 0.4) is 0 Å². The fourth-order valence-electron chi connectivity index (χ4n) is 3.44. The molecule has 1 unspecified atom stereocenters. The zero-order valence-electron chi connectivity index (χ0n) is 17.7. The Balaban J connectivity index is 1.90. The minimum atomic E-state index is -0.283. The van der Waals surface area contributed by atoms with Crippen LogP contribution < -0.4 is 5.32 Å². The number of hydrogen-bond acceptors (Lipinski definition) is 3. The van der Waals surface area contributed by atoms with Crippen LogP contribution in [0.2, 0.25) is 0 Å². The molecule has 1 N–H and O–H groups in total. The van der Waals surface area contributed by atoms with Gasteiger partial charge in [0.15, 0.2) is 0 Å². The fraction of sp³-hybridized carbons (Fsp3) is 0.200. The van der Waals surface area contributed by atoms with E-state index in [0.29, 0.717) is 0 Å². The molecule has 0 saturated heterocycles. The molecule has 0 aliphatic carbocycles. The molecule has 0 saturated carbocycles. The summed E-state index contributed by atoms with van der Waals surface area (Å²) in [6.07, 6.45) is 8.35. The summed E-state index contributed by atoms with van der Waals surface area (Å²) in [6, 6.07) is 10.4. The molecule has 2 aromatic heterocycles. The summed E-state index contributed by atoms with van der Waals surface area (Å²) in [5, 5.41) is 8.04. The fourth-order valence-corrected chi connectivity index (χ4v) is 3.44. The molecule has 0 fully saturated rings. The van der Waals surface area contributed by atoms with E-state index >= 15 is 0 Å². The average Bonchev–Trinajstić information content (AvgIpc) is 3.17. The lowest BCUT2D eigenvalue weighted by molar-refractivity contribution is 0.588. The van der Waals surface area contributed by atoms with Gasteiger partial charge in [-0.15, -0.1) is 0 Å². The molecule has 0 spiro atoms. The van der Waals surface area contributed by atoms with Crippen LogP contribution in [0.4, 0.5) is 4.39 Å². The third-order valence-electron chi connectivity index (χ3n) is 5.07. The standard InChI is InChI=1S/C25H27FN4/c1-6-22(18(5)29-24(7-2)19-10-9-17(4)27-15-19)23-16-28-30(25(23)8-3)21-13-11-20(26)12-14-21/h6,8-16,24,29H,3,5,7H2,1-2,4H3/b22-6-. The number of pyridine rings is 1. The van der Waals surface area contributed by atoms with Crippen LogP contribution in [-0.4, -0.2) is 14.8 Å². The van der Waals surface area contributed by atoms with Crippen molar-refractivity contribution in [1.29, 1.82) is 0 Å². The average molecular weight is 403 g/mol. The molecule has 3 aromatic rings. The SMILES string of the molecule is C=Cc1c(/C(=C\C)C(=C)NC(CC)c2ccc(C)nc2)cnn1-c1ccc(F)cc1. The van der Waals surface area contributed by atoms with Crippen molar-refractivity contribution in [2.24, 2.45) is 0 Å². The topological polar surface area (TPSA) is 42.7 Å². The Morgan fingerprint density at radius 2 is 1.93 bits per heavy atom. The highest BCUT2D eigenvalue weighted by atomic mass is 19.1. The molecule has 0 radical (unpaired) electrons. The monoisotopic (exact) mass is 402 g/mol. The summed E-state index contributed by atoms with van der Waals surface area (Å²) >= 11 is 0. The molecular formula is C25H27FN4. The molecule has 4 nitrogen and oxygen atoms in total. The number of benzene rings is 1. The number of nitrogens with one attached hydrogen (secondary N) is 1. The highest BCUT2D eigenvalue weighted by Crippen LogP contribution is 2.29. The quantitative estimate of drug-likeness (QED) is 0.469. The first-order valence-electron chi connectivity index (χ1n) is 9.99. The minimum Gasteiger partial charge on any atom is -0.378 e. The van der Waals surface area contributed by atoms with Crippen LogP contribution in [0.25, 0.3) is 17.3 Å². The lowest BCUT2D eigenvalue weighted by atomic mass is 10.0. The van der Waals surface area contributed by atoms with Gasteiger partial charge in [-0.2, -0.15) is 5.10 Å². The van der Waals surface area contributed by atoms with E-state index in [4.69, 9.17) is 0 Å². The van der Waals surface area contributed by atoms with Gasteiger partial charge in [-0.1, -0.05) is 32.2 Å². The van der Waals surface area contributed by atoms with Crippen LogP contribution in [0.5, 0.6) is 0 Å². The van der Waals surface area contributed by atoms with E-state index in [1.165, 1.54) is 12.1 Å². The van der Waals surface area contributed by atoms with E-state index in [9.17, 15) is 4.39 Å². The summed E-state index contributed by atoms with van der Waals surface area (Å²) in [5.74, 6) is -0.283. The number of hydrogen-bond donors (Lipinski definition) is 1. The maximum absolute atomic E-state index is 13.3. The molecule has 3 rings (SSSR count). The third-order valence-corrected chi connectivity index (χ3v) is 5.07. The van der Waals surface area contributed by atoms with Crippen molar-refractivity contribution >= 4 is 11.6 Å². The third kappa shape index (κ3) is 4.40. The van der Waals surface area contributed by atoms with Crippen LogP contribution in [0.1, 0.15) is 48.8 Å². The number of halogens is 1. The van der Waals surface area contributed by atoms with E-state index in [0.717, 1.165) is 45.9 Å². The van der Waals surface area contributed by atoms with Gasteiger partial charge >= 0.3 is 0 Å². The Morgan fingerprint density at radius 3 is 2.50 bits per heavy atom.